The van der Waals surface area contributed by atoms with Gasteiger partial charge in [-0.3, -0.25) is 0 Å². The van der Waals surface area contributed by atoms with E-state index in [4.69, 9.17) is 0 Å². The minimum absolute atomic E-state index is 0.112. The van der Waals surface area contributed by atoms with Crippen molar-refractivity contribution < 1.29 is 0 Å². The molecule has 0 atom stereocenters. The van der Waals surface area contributed by atoms with Crippen LogP contribution < -0.4 is 0 Å². The van der Waals surface area contributed by atoms with Crippen LogP contribution in [-0.2, 0) is 5.41 Å². The molecule has 0 spiro atoms. The molecule has 0 bridgehead atoms. The molecule has 1 aliphatic rings. The van der Waals surface area contributed by atoms with E-state index in [0.29, 0.717) is 0 Å². The van der Waals surface area contributed by atoms with Crippen LogP contribution in [0, 0.1) is 0 Å². The van der Waals surface area contributed by atoms with Crippen molar-refractivity contribution in [1.82, 2.24) is 0 Å². The Bertz CT molecular complexity index is 2380. The van der Waals surface area contributed by atoms with Crippen molar-refractivity contribution in [2.45, 2.75) is 26.2 Å². The van der Waals surface area contributed by atoms with Crippen molar-refractivity contribution in [1.29, 1.82) is 0 Å². The van der Waals surface area contributed by atoms with E-state index >= 15 is 0 Å². The quantitative estimate of drug-likeness (QED) is 0.177. The maximum absolute atomic E-state index is 2.38. The lowest BCUT2D eigenvalue weighted by Gasteiger charge is -2.21. The van der Waals surface area contributed by atoms with Gasteiger partial charge < -0.3 is 0 Å². The molecular weight excluding hydrogens is 553 g/mol. The summed E-state index contributed by atoms with van der Waals surface area (Å²) in [5.74, 6) is 0. The first-order chi connectivity index (χ1) is 22.5. The average molecular weight is 587 g/mol. The minimum Gasteiger partial charge on any atom is -0.0616 e. The highest BCUT2D eigenvalue weighted by molar-refractivity contribution is 6.25. The van der Waals surface area contributed by atoms with Crippen molar-refractivity contribution in [3.8, 4) is 55.6 Å². The molecule has 0 radical (unpaired) electrons. The van der Waals surface area contributed by atoms with Crippen LogP contribution in [0.4, 0.5) is 0 Å². The van der Waals surface area contributed by atoms with Crippen LogP contribution in [0.1, 0.15) is 26.3 Å². The first kappa shape index (κ1) is 26.9. The molecule has 46 heavy (non-hydrogen) atoms. The van der Waals surface area contributed by atoms with E-state index in [1.165, 1.54) is 93.5 Å². The Hall–Kier alpha value is -5.46. The normalized spacial score (nSPS) is 12.2. The number of fused-ring (bicyclic) bond motifs is 7. The molecule has 0 fully saturated rings. The summed E-state index contributed by atoms with van der Waals surface area (Å²) in [6.07, 6.45) is 0. The zero-order valence-electron chi connectivity index (χ0n) is 26.4. The third kappa shape index (κ3) is 3.93. The van der Waals surface area contributed by atoms with Crippen LogP contribution in [0.25, 0.3) is 88.0 Å². The van der Waals surface area contributed by atoms with Crippen molar-refractivity contribution in [2.75, 3.05) is 0 Å². The van der Waals surface area contributed by atoms with Crippen LogP contribution >= 0.6 is 0 Å². The Kier molecular flexibility index (Phi) is 5.86. The summed E-state index contributed by atoms with van der Waals surface area (Å²) < 4.78 is 0. The van der Waals surface area contributed by atoms with Crippen LogP contribution in [-0.4, -0.2) is 0 Å². The van der Waals surface area contributed by atoms with E-state index in [2.05, 4.69) is 172 Å². The molecule has 0 aliphatic heterocycles. The highest BCUT2D eigenvalue weighted by atomic mass is 14.3. The van der Waals surface area contributed by atoms with E-state index < -0.39 is 0 Å². The first-order valence-electron chi connectivity index (χ1n) is 16.3. The molecule has 0 aromatic heterocycles. The summed E-state index contributed by atoms with van der Waals surface area (Å²) in [7, 11) is 0. The second-order valence-corrected chi connectivity index (χ2v) is 13.6. The summed E-state index contributed by atoms with van der Waals surface area (Å²) in [6, 6.07) is 56.6. The van der Waals surface area contributed by atoms with Crippen molar-refractivity contribution in [3.05, 3.63) is 157 Å². The van der Waals surface area contributed by atoms with Gasteiger partial charge in [0.15, 0.2) is 0 Å². The third-order valence-corrected chi connectivity index (χ3v) is 10.0. The van der Waals surface area contributed by atoms with Crippen LogP contribution in [0.3, 0.4) is 0 Å². The van der Waals surface area contributed by atoms with Crippen LogP contribution in [0.2, 0.25) is 0 Å². The largest absolute Gasteiger partial charge is 0.0616 e. The predicted molar refractivity (Wildman–Crippen MR) is 198 cm³/mol. The first-order valence-corrected chi connectivity index (χ1v) is 16.3. The molecule has 0 N–H and O–H groups in total. The highest BCUT2D eigenvalue weighted by Gasteiger charge is 2.24. The van der Waals surface area contributed by atoms with E-state index in [9.17, 15) is 0 Å². The molecule has 0 heteroatoms. The highest BCUT2D eigenvalue weighted by Crippen LogP contribution is 2.51. The average Bonchev–Trinajstić information content (AvgIpc) is 3.21. The van der Waals surface area contributed by atoms with Crippen molar-refractivity contribution in [2.24, 2.45) is 0 Å². The van der Waals surface area contributed by atoms with Gasteiger partial charge >= 0.3 is 0 Å². The molecule has 8 aromatic rings. The maximum atomic E-state index is 2.38. The lowest BCUT2D eigenvalue weighted by Crippen LogP contribution is -2.10. The van der Waals surface area contributed by atoms with Crippen molar-refractivity contribution in [3.63, 3.8) is 0 Å². The molecular formula is C46H34. The topological polar surface area (TPSA) is 0 Å². The number of hydrogen-bond acceptors (Lipinski definition) is 0. The molecule has 0 nitrogen and oxygen atoms in total. The summed E-state index contributed by atoms with van der Waals surface area (Å²) in [4.78, 5) is 0. The molecule has 0 saturated heterocycles. The Morgan fingerprint density at radius 3 is 1.22 bits per heavy atom. The second kappa shape index (κ2) is 10.0. The van der Waals surface area contributed by atoms with Gasteiger partial charge in [-0.2, -0.15) is 0 Å². The van der Waals surface area contributed by atoms with Gasteiger partial charge in [0.1, 0.15) is 0 Å². The SMILES string of the molecule is CC(C)(C)c1ccc(-c2c3ccccc3c(-c3ccc4c5c(cccc35)-c3ccccc3-c3ccccc3-4)c3ccccc23)cc1. The van der Waals surface area contributed by atoms with E-state index in [1.807, 2.05) is 0 Å². The summed E-state index contributed by atoms with van der Waals surface area (Å²) in [6.45, 7) is 6.84. The molecule has 9 rings (SSSR count). The second-order valence-electron chi connectivity index (χ2n) is 13.6. The molecule has 8 aromatic carbocycles. The number of rotatable bonds is 2. The Balaban J connectivity index is 1.39. The summed E-state index contributed by atoms with van der Waals surface area (Å²) in [5.41, 5.74) is 14.4. The predicted octanol–water partition coefficient (Wildman–Crippen LogP) is 13.1. The van der Waals surface area contributed by atoms with Gasteiger partial charge in [0.2, 0.25) is 0 Å². The van der Waals surface area contributed by atoms with E-state index in [-0.39, 0.29) is 5.41 Å². The lowest BCUT2D eigenvalue weighted by molar-refractivity contribution is 0.590. The smallest absolute Gasteiger partial charge is 0.00201 e. The minimum atomic E-state index is 0.112. The fourth-order valence-corrected chi connectivity index (χ4v) is 7.85. The Labute approximate surface area is 270 Å². The third-order valence-electron chi connectivity index (χ3n) is 10.0. The zero-order valence-corrected chi connectivity index (χ0v) is 26.4. The fraction of sp³-hybridized carbons (Fsp3) is 0.0870. The van der Waals surface area contributed by atoms with Gasteiger partial charge in [-0.15, -0.1) is 0 Å². The molecule has 0 unspecified atom stereocenters. The zero-order chi connectivity index (χ0) is 31.0. The van der Waals surface area contributed by atoms with Gasteiger partial charge in [0.05, 0.1) is 0 Å². The van der Waals surface area contributed by atoms with E-state index in [1.54, 1.807) is 0 Å². The lowest BCUT2D eigenvalue weighted by atomic mass is 9.82. The van der Waals surface area contributed by atoms with Crippen LogP contribution in [0.15, 0.2) is 152 Å². The fourth-order valence-electron chi connectivity index (χ4n) is 7.85. The number of hydrogen-bond donors (Lipinski definition) is 0. The van der Waals surface area contributed by atoms with E-state index in [0.717, 1.165) is 0 Å². The van der Waals surface area contributed by atoms with Gasteiger partial charge in [-0.25, -0.2) is 0 Å². The maximum Gasteiger partial charge on any atom is -0.00201 e. The Morgan fingerprint density at radius 2 is 0.696 bits per heavy atom. The van der Waals surface area contributed by atoms with Gasteiger partial charge in [-0.05, 0) is 98.9 Å². The standard InChI is InChI=1S/C46H34/c1-46(2,3)30-25-23-29(24-26-30)43-36-17-8-10-19-38(36)45(39-20-11-9-18-37(39)43)42-28-27-41-34-16-7-5-14-32(34)31-13-4-6-15-33(31)35-21-12-22-40(42)44(35)41/h4-28H,1-3H3. The van der Waals surface area contributed by atoms with Crippen molar-refractivity contribution >= 4 is 32.3 Å². The van der Waals surface area contributed by atoms with Gasteiger partial charge in [0, 0.05) is 0 Å². The Morgan fingerprint density at radius 1 is 0.304 bits per heavy atom. The molecule has 0 amide bonds. The molecule has 1 aliphatic carbocycles. The number of benzene rings is 8. The molecule has 0 saturated carbocycles. The van der Waals surface area contributed by atoms with Gasteiger partial charge in [-0.1, -0.05) is 172 Å². The molecule has 0 heterocycles. The molecule has 218 valence electrons. The van der Waals surface area contributed by atoms with Gasteiger partial charge in [0.25, 0.3) is 0 Å². The summed E-state index contributed by atoms with van der Waals surface area (Å²) in [5, 5.41) is 7.75. The summed E-state index contributed by atoms with van der Waals surface area (Å²) >= 11 is 0. The van der Waals surface area contributed by atoms with Crippen LogP contribution in [0.5, 0.6) is 0 Å². The monoisotopic (exact) mass is 586 g/mol.